The first kappa shape index (κ1) is 27.7. The number of halogens is 2. The van der Waals surface area contributed by atoms with Crippen LogP contribution in [0.1, 0.15) is 48.4 Å². The Morgan fingerprint density at radius 2 is 1.03 bits per heavy atom. The highest BCUT2D eigenvalue weighted by Crippen LogP contribution is 2.32. The average molecular weight is 640 g/mol. The van der Waals surface area contributed by atoms with Gasteiger partial charge in [0.1, 0.15) is 11.5 Å². The molecule has 2 N–H and O–H groups in total. The van der Waals surface area contributed by atoms with E-state index in [1.54, 1.807) is 36.4 Å². The van der Waals surface area contributed by atoms with E-state index in [9.17, 15) is 9.59 Å². The number of ether oxygens (including phenoxy) is 2. The quantitative estimate of drug-likeness (QED) is 0.203. The van der Waals surface area contributed by atoms with Gasteiger partial charge >= 0.3 is 0 Å². The molecule has 0 radical (unpaired) electrons. The van der Waals surface area contributed by atoms with Crippen molar-refractivity contribution in [3.63, 3.8) is 0 Å². The first-order valence-corrected chi connectivity index (χ1v) is 13.8. The van der Waals surface area contributed by atoms with Gasteiger partial charge in [-0.15, -0.1) is 0 Å². The molecular weight excluding hydrogens is 612 g/mol. The Hall–Kier alpha value is -3.36. The number of carbonyl (C=O) groups is 2. The second-order valence-electron chi connectivity index (χ2n) is 9.24. The van der Waals surface area contributed by atoms with Gasteiger partial charge in [0.15, 0.2) is 0 Å². The minimum Gasteiger partial charge on any atom is -0.490 e. The third-order valence-corrected chi connectivity index (χ3v) is 6.77. The fourth-order valence-electron chi connectivity index (χ4n) is 3.90. The van der Waals surface area contributed by atoms with Gasteiger partial charge in [0.25, 0.3) is 11.8 Å². The molecule has 0 bridgehead atoms. The Balaban J connectivity index is 1.56. The fraction of sp³-hybridized carbons (Fsp3) is 0.200. The molecule has 4 aromatic rings. The zero-order valence-corrected chi connectivity index (χ0v) is 24.6. The van der Waals surface area contributed by atoms with E-state index in [0.717, 1.165) is 10.8 Å². The normalized spacial score (nSPS) is 11.1. The molecule has 0 saturated heterocycles. The Bertz CT molecular complexity index is 1390. The van der Waals surface area contributed by atoms with E-state index in [1.165, 1.54) is 0 Å². The highest BCUT2D eigenvalue weighted by atomic mass is 79.9. The van der Waals surface area contributed by atoms with Crippen LogP contribution in [-0.4, -0.2) is 24.0 Å². The summed E-state index contributed by atoms with van der Waals surface area (Å²) in [7, 11) is 0. The molecule has 8 heteroatoms. The molecule has 4 aromatic carbocycles. The van der Waals surface area contributed by atoms with Crippen molar-refractivity contribution in [2.45, 2.75) is 39.9 Å². The van der Waals surface area contributed by atoms with Crippen molar-refractivity contribution in [1.82, 2.24) is 0 Å². The van der Waals surface area contributed by atoms with E-state index >= 15 is 0 Å². The fourth-order valence-corrected chi connectivity index (χ4v) is 4.84. The Morgan fingerprint density at radius 1 is 0.632 bits per heavy atom. The van der Waals surface area contributed by atoms with Crippen molar-refractivity contribution in [3.8, 4) is 11.5 Å². The summed E-state index contributed by atoms with van der Waals surface area (Å²) < 4.78 is 12.9. The van der Waals surface area contributed by atoms with Gasteiger partial charge in [-0.05, 0) is 108 Å². The van der Waals surface area contributed by atoms with Crippen LogP contribution in [-0.2, 0) is 0 Å². The van der Waals surface area contributed by atoms with E-state index in [-0.39, 0.29) is 24.0 Å². The molecule has 0 aliphatic heterocycles. The summed E-state index contributed by atoms with van der Waals surface area (Å²) in [6.07, 6.45) is 0.0484. The maximum atomic E-state index is 13.1. The van der Waals surface area contributed by atoms with Crippen LogP contribution in [0.25, 0.3) is 10.8 Å². The topological polar surface area (TPSA) is 76.7 Å². The lowest BCUT2D eigenvalue weighted by molar-refractivity contribution is 0.101. The Morgan fingerprint density at radius 3 is 1.37 bits per heavy atom. The molecule has 2 amide bonds. The van der Waals surface area contributed by atoms with Crippen LogP contribution in [0.4, 0.5) is 11.4 Å². The van der Waals surface area contributed by atoms with Gasteiger partial charge in [-0.2, -0.15) is 0 Å². The maximum absolute atomic E-state index is 13.1. The number of nitrogens with one attached hydrogen (secondary N) is 2. The molecule has 0 atom stereocenters. The number of fused-ring (bicyclic) bond motifs is 1. The monoisotopic (exact) mass is 638 g/mol. The maximum Gasteiger partial charge on any atom is 0.255 e. The van der Waals surface area contributed by atoms with Crippen molar-refractivity contribution in [1.29, 1.82) is 0 Å². The molecule has 0 aliphatic carbocycles. The minimum atomic E-state index is -0.253. The van der Waals surface area contributed by atoms with Gasteiger partial charge in [-0.3, -0.25) is 9.59 Å². The predicted molar refractivity (Wildman–Crippen MR) is 160 cm³/mol. The summed E-state index contributed by atoms with van der Waals surface area (Å²) in [5.41, 5.74) is 2.26. The molecule has 4 rings (SSSR count). The molecule has 0 saturated carbocycles. The van der Waals surface area contributed by atoms with Crippen LogP contribution < -0.4 is 20.1 Å². The third kappa shape index (κ3) is 6.55. The smallest absolute Gasteiger partial charge is 0.255 e. The number of amides is 2. The molecular formula is C30H28Br2N2O4. The van der Waals surface area contributed by atoms with Gasteiger partial charge in [0.2, 0.25) is 0 Å². The lowest BCUT2D eigenvalue weighted by atomic mass is 10.1. The molecule has 6 nitrogen and oxygen atoms in total. The number of anilines is 2. The van der Waals surface area contributed by atoms with Crippen molar-refractivity contribution < 1.29 is 19.1 Å². The zero-order chi connectivity index (χ0) is 27.4. The summed E-state index contributed by atoms with van der Waals surface area (Å²) >= 11 is 6.97. The number of hydrogen-bond donors (Lipinski definition) is 2. The molecule has 0 heterocycles. The van der Waals surface area contributed by atoms with Gasteiger partial charge in [-0.25, -0.2) is 0 Å². The van der Waals surface area contributed by atoms with Crippen molar-refractivity contribution >= 4 is 65.8 Å². The van der Waals surface area contributed by atoms with Crippen LogP contribution in [0.15, 0.2) is 81.7 Å². The molecule has 196 valence electrons. The minimum absolute atomic E-state index is 0.0242. The molecule has 0 spiro atoms. The summed E-state index contributed by atoms with van der Waals surface area (Å²) in [4.78, 5) is 26.1. The standard InChI is InChI=1S/C30H28Br2N2O4/c1-17(2)37-27-13-11-19(15-23(27)31)29(35)33-25-9-5-8-22-21(25)7-6-10-26(22)34-30(36)20-12-14-28(24(32)16-20)38-18(3)4/h5-18H,1-4H3,(H,33,35)(H,34,36). The van der Waals surface area contributed by atoms with Crippen LogP contribution in [0, 0.1) is 0 Å². The van der Waals surface area contributed by atoms with E-state index in [2.05, 4.69) is 42.5 Å². The first-order valence-electron chi connectivity index (χ1n) is 12.2. The lowest BCUT2D eigenvalue weighted by Crippen LogP contribution is -2.14. The van der Waals surface area contributed by atoms with Crippen LogP contribution in [0.2, 0.25) is 0 Å². The van der Waals surface area contributed by atoms with Crippen LogP contribution in [0.5, 0.6) is 11.5 Å². The summed E-state index contributed by atoms with van der Waals surface area (Å²) in [6.45, 7) is 7.78. The third-order valence-electron chi connectivity index (χ3n) is 5.53. The van der Waals surface area contributed by atoms with Crippen molar-refractivity contribution in [3.05, 3.63) is 92.9 Å². The lowest BCUT2D eigenvalue weighted by Gasteiger charge is -2.15. The van der Waals surface area contributed by atoms with Crippen LogP contribution in [0.3, 0.4) is 0 Å². The molecule has 0 aromatic heterocycles. The summed E-state index contributed by atoms with van der Waals surface area (Å²) in [6, 6.07) is 21.6. The molecule has 0 fully saturated rings. The van der Waals surface area contributed by atoms with E-state index in [4.69, 9.17) is 9.47 Å². The Labute approximate surface area is 239 Å². The number of benzene rings is 4. The highest BCUT2D eigenvalue weighted by molar-refractivity contribution is 9.10. The van der Waals surface area contributed by atoms with Crippen molar-refractivity contribution in [2.24, 2.45) is 0 Å². The predicted octanol–water partition coefficient (Wildman–Crippen LogP) is 8.44. The van der Waals surface area contributed by atoms with Gasteiger partial charge in [-0.1, -0.05) is 24.3 Å². The zero-order valence-electron chi connectivity index (χ0n) is 21.5. The number of hydrogen-bond acceptors (Lipinski definition) is 4. The van der Waals surface area contributed by atoms with E-state index < -0.39 is 0 Å². The van der Waals surface area contributed by atoms with Gasteiger partial charge in [0.05, 0.1) is 21.2 Å². The van der Waals surface area contributed by atoms with Crippen LogP contribution >= 0.6 is 31.9 Å². The number of carbonyl (C=O) groups excluding carboxylic acids is 2. The molecule has 38 heavy (non-hydrogen) atoms. The second-order valence-corrected chi connectivity index (χ2v) is 10.9. The van der Waals surface area contributed by atoms with Gasteiger partial charge < -0.3 is 20.1 Å². The first-order chi connectivity index (χ1) is 18.1. The summed E-state index contributed by atoms with van der Waals surface area (Å²) in [5, 5.41) is 7.60. The second kappa shape index (κ2) is 12.0. The van der Waals surface area contributed by atoms with E-state index in [1.807, 2.05) is 64.1 Å². The largest absolute Gasteiger partial charge is 0.490 e. The molecule has 0 unspecified atom stereocenters. The SMILES string of the molecule is CC(C)Oc1ccc(C(=O)Nc2cccc3c(NC(=O)c4ccc(OC(C)C)c(Br)c4)cccc23)cc1Br. The molecule has 0 aliphatic rings. The van der Waals surface area contributed by atoms with Gasteiger partial charge in [0, 0.05) is 33.3 Å². The number of rotatable bonds is 8. The average Bonchev–Trinajstić information content (AvgIpc) is 2.86. The summed E-state index contributed by atoms with van der Waals surface area (Å²) in [5.74, 6) is 0.849. The van der Waals surface area contributed by atoms with Crippen molar-refractivity contribution in [2.75, 3.05) is 10.6 Å². The van der Waals surface area contributed by atoms with E-state index in [0.29, 0.717) is 42.9 Å². The Kier molecular flexibility index (Phi) is 8.74. The highest BCUT2D eigenvalue weighted by Gasteiger charge is 2.15.